The molecule has 0 aromatic heterocycles. The van der Waals surface area contributed by atoms with Gasteiger partial charge < -0.3 is 15.0 Å². The van der Waals surface area contributed by atoms with E-state index in [0.717, 1.165) is 16.7 Å². The lowest BCUT2D eigenvalue weighted by Crippen LogP contribution is -2.51. The molecule has 37 heavy (non-hydrogen) atoms. The first kappa shape index (κ1) is 28.6. The number of amides is 2. The van der Waals surface area contributed by atoms with Crippen molar-refractivity contribution in [3.05, 3.63) is 101 Å². The van der Waals surface area contributed by atoms with Crippen LogP contribution in [0.5, 0.6) is 5.75 Å². The number of carbonyl (C=O) groups is 2. The first-order valence-electron chi connectivity index (χ1n) is 12.4. The first-order chi connectivity index (χ1) is 17.9. The summed E-state index contributed by atoms with van der Waals surface area (Å²) in [5.74, 6) is 1.69. The number of carbonyl (C=O) groups excluding carboxylic acids is 2. The predicted molar refractivity (Wildman–Crippen MR) is 153 cm³/mol. The Labute approximate surface area is 229 Å². The molecule has 1 N–H and O–H groups in total. The minimum absolute atomic E-state index is 0.0875. The smallest absolute Gasteiger partial charge is 0.243 e. The normalized spacial score (nSPS) is 11.7. The van der Waals surface area contributed by atoms with Gasteiger partial charge in [0.1, 0.15) is 11.8 Å². The highest BCUT2D eigenvalue weighted by Gasteiger charge is 2.30. The second-order valence-corrected chi connectivity index (χ2v) is 10.8. The zero-order chi connectivity index (χ0) is 26.6. The van der Waals surface area contributed by atoms with E-state index in [0.29, 0.717) is 42.0 Å². The Morgan fingerprint density at radius 2 is 1.65 bits per heavy atom. The SMILES string of the molecule is COc1cccc(CN(C(=O)CSCc2cccc(Cl)c2)[C@@H](Cc2ccccc2)C(=O)NCC(C)C)c1. The van der Waals surface area contributed by atoms with Gasteiger partial charge >= 0.3 is 0 Å². The van der Waals surface area contributed by atoms with Gasteiger partial charge in [0.2, 0.25) is 11.8 Å². The highest BCUT2D eigenvalue weighted by atomic mass is 35.5. The second-order valence-electron chi connectivity index (χ2n) is 9.34. The molecule has 0 saturated heterocycles. The minimum atomic E-state index is -0.647. The van der Waals surface area contributed by atoms with Gasteiger partial charge in [0, 0.05) is 30.3 Å². The van der Waals surface area contributed by atoms with Crippen molar-refractivity contribution < 1.29 is 14.3 Å². The van der Waals surface area contributed by atoms with Crippen molar-refractivity contribution in [1.82, 2.24) is 10.2 Å². The summed E-state index contributed by atoms with van der Waals surface area (Å²) in [6.07, 6.45) is 0.430. The van der Waals surface area contributed by atoms with E-state index in [4.69, 9.17) is 16.3 Å². The number of ether oxygens (including phenoxy) is 1. The van der Waals surface area contributed by atoms with Crippen LogP contribution in [-0.2, 0) is 28.3 Å². The van der Waals surface area contributed by atoms with Crippen LogP contribution < -0.4 is 10.1 Å². The van der Waals surface area contributed by atoms with Crippen molar-refractivity contribution in [1.29, 1.82) is 0 Å². The molecule has 5 nitrogen and oxygen atoms in total. The Bertz CT molecular complexity index is 1160. The number of thioether (sulfide) groups is 1. The molecule has 0 spiro atoms. The fourth-order valence-electron chi connectivity index (χ4n) is 3.91. The van der Waals surface area contributed by atoms with Crippen molar-refractivity contribution in [3.8, 4) is 5.75 Å². The Balaban J connectivity index is 1.86. The molecule has 3 rings (SSSR count). The van der Waals surface area contributed by atoms with E-state index in [-0.39, 0.29) is 17.6 Å². The van der Waals surface area contributed by atoms with E-state index in [1.807, 2.05) is 78.9 Å². The first-order valence-corrected chi connectivity index (χ1v) is 13.9. The van der Waals surface area contributed by atoms with Crippen molar-refractivity contribution in [2.75, 3.05) is 19.4 Å². The van der Waals surface area contributed by atoms with Crippen LogP contribution in [0.2, 0.25) is 5.02 Å². The number of methoxy groups -OCH3 is 1. The van der Waals surface area contributed by atoms with E-state index in [9.17, 15) is 9.59 Å². The van der Waals surface area contributed by atoms with Crippen LogP contribution in [0.3, 0.4) is 0 Å². The summed E-state index contributed by atoms with van der Waals surface area (Å²) >= 11 is 7.64. The van der Waals surface area contributed by atoms with E-state index in [1.54, 1.807) is 12.0 Å². The maximum absolute atomic E-state index is 13.7. The fourth-order valence-corrected chi connectivity index (χ4v) is 4.98. The summed E-state index contributed by atoms with van der Waals surface area (Å²) in [5.41, 5.74) is 2.96. The Morgan fingerprint density at radius 1 is 0.946 bits per heavy atom. The topological polar surface area (TPSA) is 58.6 Å². The van der Waals surface area contributed by atoms with Gasteiger partial charge in [0.05, 0.1) is 12.9 Å². The average Bonchev–Trinajstić information content (AvgIpc) is 2.90. The van der Waals surface area contributed by atoms with Crippen LogP contribution in [0.25, 0.3) is 0 Å². The van der Waals surface area contributed by atoms with Crippen molar-refractivity contribution in [3.63, 3.8) is 0 Å². The third-order valence-corrected chi connectivity index (χ3v) is 7.05. The Hall–Kier alpha value is -2.96. The second kappa shape index (κ2) is 14.7. The molecular weight excluding hydrogens is 504 g/mol. The van der Waals surface area contributed by atoms with Gasteiger partial charge in [-0.25, -0.2) is 0 Å². The molecule has 196 valence electrons. The molecule has 0 unspecified atom stereocenters. The molecule has 7 heteroatoms. The van der Waals surface area contributed by atoms with Crippen molar-refractivity contribution >= 4 is 35.2 Å². The number of rotatable bonds is 13. The van der Waals surface area contributed by atoms with Crippen LogP contribution in [0, 0.1) is 5.92 Å². The molecule has 0 aliphatic rings. The van der Waals surface area contributed by atoms with Crippen LogP contribution in [0.4, 0.5) is 0 Å². The summed E-state index contributed by atoms with van der Waals surface area (Å²) in [6.45, 7) is 4.96. The van der Waals surface area contributed by atoms with Crippen LogP contribution in [-0.4, -0.2) is 42.2 Å². The quantitative estimate of drug-likeness (QED) is 0.290. The van der Waals surface area contributed by atoms with Gasteiger partial charge in [-0.15, -0.1) is 11.8 Å². The summed E-state index contributed by atoms with van der Waals surface area (Å²) in [4.78, 5) is 28.9. The Morgan fingerprint density at radius 3 is 2.35 bits per heavy atom. The number of hydrogen-bond donors (Lipinski definition) is 1. The number of benzene rings is 3. The molecule has 3 aromatic carbocycles. The maximum Gasteiger partial charge on any atom is 0.243 e. The predicted octanol–water partition coefficient (Wildman–Crippen LogP) is 5.99. The molecule has 1 atom stereocenters. The molecule has 0 fully saturated rings. The van der Waals surface area contributed by atoms with Gasteiger partial charge in [-0.1, -0.05) is 80.0 Å². The van der Waals surface area contributed by atoms with Crippen molar-refractivity contribution in [2.45, 2.75) is 38.6 Å². The third kappa shape index (κ3) is 9.45. The highest BCUT2D eigenvalue weighted by Crippen LogP contribution is 2.21. The van der Waals surface area contributed by atoms with E-state index >= 15 is 0 Å². The number of nitrogens with one attached hydrogen (secondary N) is 1. The standard InChI is InChI=1S/C30H35ClN2O3S/c1-22(2)18-32-30(35)28(17-23-9-5-4-6-10-23)33(19-24-11-8-14-27(16-24)36-3)29(34)21-37-20-25-12-7-13-26(31)15-25/h4-16,22,28H,17-21H2,1-3H3,(H,32,35)/t28-/m0/s1. The lowest BCUT2D eigenvalue weighted by atomic mass is 10.0. The molecule has 0 aliphatic heterocycles. The number of halogens is 1. The summed E-state index contributed by atoms with van der Waals surface area (Å²) in [6, 6.07) is 24.5. The van der Waals surface area contributed by atoms with Gasteiger partial charge in [0.25, 0.3) is 0 Å². The van der Waals surface area contributed by atoms with Crippen molar-refractivity contribution in [2.24, 2.45) is 5.92 Å². The van der Waals surface area contributed by atoms with E-state index in [2.05, 4.69) is 19.2 Å². The van der Waals surface area contributed by atoms with Crippen LogP contribution in [0.1, 0.15) is 30.5 Å². The fraction of sp³-hybridized carbons (Fsp3) is 0.333. The molecule has 0 aliphatic carbocycles. The van der Waals surface area contributed by atoms with Gasteiger partial charge in [-0.3, -0.25) is 9.59 Å². The van der Waals surface area contributed by atoms with Crippen LogP contribution >= 0.6 is 23.4 Å². The van der Waals surface area contributed by atoms with Crippen LogP contribution in [0.15, 0.2) is 78.9 Å². The third-order valence-electron chi connectivity index (χ3n) is 5.83. The zero-order valence-corrected chi connectivity index (χ0v) is 23.2. The lowest BCUT2D eigenvalue weighted by molar-refractivity contribution is -0.139. The van der Waals surface area contributed by atoms with Gasteiger partial charge in [0.15, 0.2) is 0 Å². The maximum atomic E-state index is 13.7. The number of nitrogens with zero attached hydrogens (tertiary/aromatic N) is 1. The zero-order valence-electron chi connectivity index (χ0n) is 21.7. The molecule has 0 saturated carbocycles. The summed E-state index contributed by atoms with van der Waals surface area (Å²) in [5, 5.41) is 3.73. The highest BCUT2D eigenvalue weighted by molar-refractivity contribution is 7.99. The monoisotopic (exact) mass is 538 g/mol. The summed E-state index contributed by atoms with van der Waals surface area (Å²) in [7, 11) is 1.62. The minimum Gasteiger partial charge on any atom is -0.497 e. The molecule has 0 bridgehead atoms. The molecule has 2 amide bonds. The average molecular weight is 539 g/mol. The largest absolute Gasteiger partial charge is 0.497 e. The van der Waals surface area contributed by atoms with Gasteiger partial charge in [-0.05, 0) is 46.9 Å². The van der Waals surface area contributed by atoms with E-state index < -0.39 is 6.04 Å². The number of hydrogen-bond acceptors (Lipinski definition) is 4. The summed E-state index contributed by atoms with van der Waals surface area (Å²) < 4.78 is 5.39. The molecule has 0 radical (unpaired) electrons. The van der Waals surface area contributed by atoms with E-state index in [1.165, 1.54) is 11.8 Å². The molecular formula is C30H35ClN2O3S. The molecule has 3 aromatic rings. The Kier molecular flexibility index (Phi) is 11.4. The lowest BCUT2D eigenvalue weighted by Gasteiger charge is -2.32. The van der Waals surface area contributed by atoms with Gasteiger partial charge in [-0.2, -0.15) is 0 Å². The molecule has 0 heterocycles.